The van der Waals surface area contributed by atoms with E-state index in [0.29, 0.717) is 18.3 Å². The van der Waals surface area contributed by atoms with Crippen LogP contribution < -0.4 is 11.0 Å². The first-order valence-corrected chi connectivity index (χ1v) is 14.5. The fraction of sp³-hybridized carbons (Fsp3) is 0.625. The number of para-hydroxylation sites is 1. The molecule has 2 fully saturated rings. The minimum Gasteiger partial charge on any atom is -0.417 e. The van der Waals surface area contributed by atoms with Gasteiger partial charge in [-0.05, 0) is 60.9 Å². The summed E-state index contributed by atoms with van der Waals surface area (Å²) in [5.74, 6) is 0.252. The molecular formula is C24H35N3O4Si. The Hall–Kier alpha value is -2.19. The molecule has 7 nitrogen and oxygen atoms in total. The van der Waals surface area contributed by atoms with E-state index in [-0.39, 0.29) is 23.1 Å². The smallest absolute Gasteiger partial charge is 0.329 e. The minimum atomic E-state index is -1.75. The minimum absolute atomic E-state index is 0.207. The summed E-state index contributed by atoms with van der Waals surface area (Å²) in [4.78, 5) is 37.1. The molecule has 0 spiro atoms. The van der Waals surface area contributed by atoms with Crippen LogP contribution >= 0.6 is 0 Å². The van der Waals surface area contributed by atoms with E-state index in [1.54, 1.807) is 16.2 Å². The largest absolute Gasteiger partial charge is 0.417 e. The zero-order valence-electron chi connectivity index (χ0n) is 20.0. The van der Waals surface area contributed by atoms with Crippen LogP contribution in [0, 0.1) is 5.92 Å². The summed E-state index contributed by atoms with van der Waals surface area (Å²) in [6.45, 7) is 12.2. The Morgan fingerprint density at radius 1 is 1.16 bits per heavy atom. The van der Waals surface area contributed by atoms with Gasteiger partial charge in [-0.15, -0.1) is 0 Å². The number of benzene rings is 1. The van der Waals surface area contributed by atoms with E-state index >= 15 is 0 Å². The Balaban J connectivity index is 1.55. The maximum atomic E-state index is 13.1. The van der Waals surface area contributed by atoms with E-state index < -0.39 is 20.3 Å². The fourth-order valence-corrected chi connectivity index (χ4v) is 5.78. The van der Waals surface area contributed by atoms with Crippen molar-refractivity contribution in [3.05, 3.63) is 34.2 Å². The Kier molecular flexibility index (Phi) is 5.74. The van der Waals surface area contributed by atoms with Gasteiger partial charge < -0.3 is 4.43 Å². The Labute approximate surface area is 190 Å². The van der Waals surface area contributed by atoms with Gasteiger partial charge in [-0.1, -0.05) is 32.9 Å². The predicted octanol–water partition coefficient (Wildman–Crippen LogP) is 3.83. The normalized spacial score (nSPS) is 24.5. The van der Waals surface area contributed by atoms with Crippen LogP contribution in [0.3, 0.4) is 0 Å². The van der Waals surface area contributed by atoms with Crippen molar-refractivity contribution in [3.63, 3.8) is 0 Å². The van der Waals surface area contributed by atoms with Gasteiger partial charge in [0.1, 0.15) is 6.04 Å². The number of nitrogens with zero attached hydrogens (tertiary/aromatic N) is 2. The van der Waals surface area contributed by atoms with Crippen LogP contribution in [0.5, 0.6) is 0 Å². The Morgan fingerprint density at radius 2 is 1.84 bits per heavy atom. The lowest BCUT2D eigenvalue weighted by Gasteiger charge is -2.41. The summed E-state index contributed by atoms with van der Waals surface area (Å²) in [7, 11) is 0.0216. The number of amides is 2. The number of imidazole rings is 1. The second kappa shape index (κ2) is 7.99. The number of carbonyl (C=O) groups excluding carboxylic acids is 2. The first-order valence-electron chi connectivity index (χ1n) is 11.6. The van der Waals surface area contributed by atoms with Gasteiger partial charge in [0.05, 0.1) is 11.0 Å². The molecule has 8 heteroatoms. The standard InChI is InChI=1S/C24H35N3O4Si/c1-24(2,3)32(5,6)31-14-15-12-16(13-15)17-8-7-9-18-21(17)26(4)23(30)27(18)19-10-11-20(28)25-22(19)29/h7-9,15-16,19H,10-14H2,1-6H3,(H,25,28,29). The van der Waals surface area contributed by atoms with Gasteiger partial charge in [0.2, 0.25) is 11.8 Å². The third-order valence-corrected chi connectivity index (χ3v) is 12.3. The van der Waals surface area contributed by atoms with Gasteiger partial charge in [-0.3, -0.25) is 24.0 Å². The van der Waals surface area contributed by atoms with Crippen molar-refractivity contribution in [1.29, 1.82) is 0 Å². The third kappa shape index (κ3) is 3.88. The lowest BCUT2D eigenvalue weighted by molar-refractivity contribution is -0.135. The number of imide groups is 1. The summed E-state index contributed by atoms with van der Waals surface area (Å²) in [5, 5.41) is 2.58. The second-order valence-corrected chi connectivity index (χ2v) is 15.8. The maximum absolute atomic E-state index is 13.1. The molecule has 32 heavy (non-hydrogen) atoms. The van der Waals surface area contributed by atoms with Gasteiger partial charge in [0.15, 0.2) is 8.32 Å². The molecule has 2 heterocycles. The van der Waals surface area contributed by atoms with Crippen LogP contribution in [-0.2, 0) is 21.1 Å². The monoisotopic (exact) mass is 457 g/mol. The highest BCUT2D eigenvalue weighted by Gasteiger charge is 2.40. The zero-order chi connectivity index (χ0) is 23.4. The molecule has 1 aliphatic heterocycles. The number of hydrogen-bond donors (Lipinski definition) is 1. The van der Waals surface area contributed by atoms with Crippen LogP contribution in [0.2, 0.25) is 18.1 Å². The lowest BCUT2D eigenvalue weighted by Crippen LogP contribution is -2.44. The Morgan fingerprint density at radius 3 is 2.47 bits per heavy atom. The van der Waals surface area contributed by atoms with Crippen molar-refractivity contribution in [2.75, 3.05) is 6.61 Å². The number of fused-ring (bicyclic) bond motifs is 1. The molecule has 1 aromatic carbocycles. The predicted molar refractivity (Wildman–Crippen MR) is 127 cm³/mol. The molecule has 1 aliphatic carbocycles. The van der Waals surface area contributed by atoms with E-state index in [4.69, 9.17) is 4.43 Å². The van der Waals surface area contributed by atoms with E-state index in [2.05, 4.69) is 45.2 Å². The van der Waals surface area contributed by atoms with Crippen molar-refractivity contribution >= 4 is 31.2 Å². The molecule has 0 radical (unpaired) electrons. The molecule has 2 aliphatic rings. The molecule has 1 aromatic heterocycles. The topological polar surface area (TPSA) is 82.3 Å². The van der Waals surface area contributed by atoms with Crippen LogP contribution in [-0.4, -0.2) is 35.9 Å². The number of aromatic nitrogens is 2. The molecule has 1 unspecified atom stereocenters. The van der Waals surface area contributed by atoms with Crippen molar-refractivity contribution in [2.45, 2.75) is 76.5 Å². The molecular weight excluding hydrogens is 422 g/mol. The van der Waals surface area contributed by atoms with Gasteiger partial charge in [-0.25, -0.2) is 4.79 Å². The quantitative estimate of drug-likeness (QED) is 0.546. The van der Waals surface area contributed by atoms with Crippen LogP contribution in [0.25, 0.3) is 11.0 Å². The van der Waals surface area contributed by atoms with Gasteiger partial charge >= 0.3 is 5.69 Å². The Bertz CT molecular complexity index is 1120. The third-order valence-electron chi connectivity index (χ3n) is 7.82. The number of aryl methyl sites for hydroxylation is 1. The fourth-order valence-electron chi connectivity index (χ4n) is 4.70. The highest BCUT2D eigenvalue weighted by Crippen LogP contribution is 2.45. The molecule has 2 amide bonds. The van der Waals surface area contributed by atoms with Crippen LogP contribution in [0.15, 0.2) is 23.0 Å². The molecule has 1 N–H and O–H groups in total. The number of carbonyl (C=O) groups is 2. The van der Waals surface area contributed by atoms with Gasteiger partial charge in [0, 0.05) is 20.1 Å². The average Bonchev–Trinajstić information content (AvgIpc) is 2.91. The van der Waals surface area contributed by atoms with Gasteiger partial charge in [0.25, 0.3) is 0 Å². The summed E-state index contributed by atoms with van der Waals surface area (Å²) >= 11 is 0. The van der Waals surface area contributed by atoms with Crippen LogP contribution in [0.1, 0.15) is 64.0 Å². The second-order valence-electron chi connectivity index (χ2n) is 11.0. The van der Waals surface area contributed by atoms with Crippen molar-refractivity contribution in [1.82, 2.24) is 14.5 Å². The van der Waals surface area contributed by atoms with Crippen LogP contribution in [0.4, 0.5) is 0 Å². The first-order chi connectivity index (χ1) is 14.9. The van der Waals surface area contributed by atoms with Crippen molar-refractivity contribution in [2.24, 2.45) is 13.0 Å². The number of piperidine rings is 1. The summed E-state index contributed by atoms with van der Waals surface area (Å²) in [5.41, 5.74) is 2.62. The highest BCUT2D eigenvalue weighted by molar-refractivity contribution is 6.74. The van der Waals surface area contributed by atoms with E-state index in [0.717, 1.165) is 36.0 Å². The summed E-state index contributed by atoms with van der Waals surface area (Å²) in [6.07, 6.45) is 2.69. The maximum Gasteiger partial charge on any atom is 0.329 e. The number of rotatable bonds is 5. The molecule has 0 bridgehead atoms. The lowest BCUT2D eigenvalue weighted by atomic mass is 9.71. The van der Waals surface area contributed by atoms with E-state index in [9.17, 15) is 14.4 Å². The molecule has 174 valence electrons. The molecule has 1 atom stereocenters. The zero-order valence-corrected chi connectivity index (χ0v) is 21.0. The van der Waals surface area contributed by atoms with Gasteiger partial charge in [-0.2, -0.15) is 0 Å². The van der Waals surface area contributed by atoms with Crippen molar-refractivity contribution < 1.29 is 14.0 Å². The number of nitrogens with one attached hydrogen (secondary N) is 1. The first kappa shape index (κ1) is 23.0. The molecule has 4 rings (SSSR count). The average molecular weight is 458 g/mol. The number of hydrogen-bond acceptors (Lipinski definition) is 4. The van der Waals surface area contributed by atoms with Crippen molar-refractivity contribution in [3.8, 4) is 0 Å². The highest BCUT2D eigenvalue weighted by atomic mass is 28.4. The van der Waals surface area contributed by atoms with E-state index in [1.165, 1.54) is 0 Å². The summed E-state index contributed by atoms with van der Waals surface area (Å²) in [6, 6.07) is 5.33. The molecule has 1 saturated carbocycles. The molecule has 1 saturated heterocycles. The SMILES string of the molecule is Cn1c(=O)n(C2CCC(=O)NC2=O)c2cccc(C3CC(CO[Si](C)(C)C(C)(C)C)C3)c21. The van der Waals surface area contributed by atoms with E-state index in [1.807, 2.05) is 12.1 Å². The molecule has 2 aromatic rings. The summed E-state index contributed by atoms with van der Waals surface area (Å²) < 4.78 is 9.65.